The predicted molar refractivity (Wildman–Crippen MR) is 73.6 cm³/mol. The number of aliphatic carboxylic acids is 1. The average Bonchev–Trinajstić information content (AvgIpc) is 2.99. The van der Waals surface area contributed by atoms with Crippen molar-refractivity contribution in [3.63, 3.8) is 0 Å². The molecule has 3 N–H and O–H groups in total. The van der Waals surface area contributed by atoms with E-state index in [1.807, 2.05) is 0 Å². The van der Waals surface area contributed by atoms with Gasteiger partial charge in [0.1, 0.15) is 0 Å². The summed E-state index contributed by atoms with van der Waals surface area (Å²) in [7, 11) is 0. The third kappa shape index (κ3) is 2.89. The SMILES string of the molecule is CC1(C)[C@H](C(=O)O)[C@@H]1C(=O)NCc1cccc(C(=O)O)c1. The van der Waals surface area contributed by atoms with Crippen LogP contribution in [0.3, 0.4) is 0 Å². The molecule has 6 nitrogen and oxygen atoms in total. The van der Waals surface area contributed by atoms with Crippen molar-refractivity contribution < 1.29 is 24.6 Å². The smallest absolute Gasteiger partial charge is 0.335 e. The lowest BCUT2D eigenvalue weighted by atomic mass is 10.1. The minimum absolute atomic E-state index is 0.150. The van der Waals surface area contributed by atoms with E-state index in [1.54, 1.807) is 26.0 Å². The van der Waals surface area contributed by atoms with Crippen LogP contribution in [-0.4, -0.2) is 28.1 Å². The van der Waals surface area contributed by atoms with Crippen molar-refractivity contribution >= 4 is 17.8 Å². The maximum atomic E-state index is 12.0. The fraction of sp³-hybridized carbons (Fsp3) is 0.400. The molecule has 0 aliphatic heterocycles. The summed E-state index contributed by atoms with van der Waals surface area (Å²) in [6, 6.07) is 6.26. The number of carbonyl (C=O) groups excluding carboxylic acids is 1. The zero-order valence-corrected chi connectivity index (χ0v) is 11.8. The zero-order chi connectivity index (χ0) is 15.8. The van der Waals surface area contributed by atoms with Crippen molar-refractivity contribution in [2.45, 2.75) is 20.4 Å². The molecule has 1 aliphatic rings. The summed E-state index contributed by atoms with van der Waals surface area (Å²) in [5.74, 6) is -3.51. The third-order valence-electron chi connectivity index (χ3n) is 4.02. The van der Waals surface area contributed by atoms with Crippen molar-refractivity contribution in [1.29, 1.82) is 0 Å². The van der Waals surface area contributed by atoms with E-state index in [2.05, 4.69) is 5.32 Å². The first-order valence-corrected chi connectivity index (χ1v) is 6.58. The lowest BCUT2D eigenvalue weighted by molar-refractivity contribution is -0.140. The van der Waals surface area contributed by atoms with Crippen LogP contribution in [-0.2, 0) is 16.1 Å². The van der Waals surface area contributed by atoms with Crippen molar-refractivity contribution in [2.24, 2.45) is 17.3 Å². The number of amides is 1. The summed E-state index contributed by atoms with van der Waals surface area (Å²) in [6.45, 7) is 3.68. The molecule has 0 spiro atoms. The van der Waals surface area contributed by atoms with Gasteiger partial charge in [-0.2, -0.15) is 0 Å². The molecule has 1 fully saturated rings. The van der Waals surface area contributed by atoms with Crippen LogP contribution >= 0.6 is 0 Å². The van der Waals surface area contributed by atoms with Gasteiger partial charge in [0.05, 0.1) is 17.4 Å². The van der Waals surface area contributed by atoms with Crippen LogP contribution in [0.2, 0.25) is 0 Å². The fourth-order valence-electron chi connectivity index (χ4n) is 2.70. The Hall–Kier alpha value is -2.37. The van der Waals surface area contributed by atoms with E-state index < -0.39 is 29.2 Å². The Balaban J connectivity index is 1.98. The second-order valence-electron chi connectivity index (χ2n) is 5.84. The molecule has 1 aromatic rings. The lowest BCUT2D eigenvalue weighted by Crippen LogP contribution is -2.26. The van der Waals surface area contributed by atoms with E-state index in [0.29, 0.717) is 5.56 Å². The van der Waals surface area contributed by atoms with Crippen LogP contribution in [0.1, 0.15) is 29.8 Å². The van der Waals surface area contributed by atoms with E-state index in [1.165, 1.54) is 12.1 Å². The van der Waals surface area contributed by atoms with Gasteiger partial charge in [0.2, 0.25) is 5.91 Å². The first-order chi connectivity index (χ1) is 9.75. The van der Waals surface area contributed by atoms with Crippen LogP contribution < -0.4 is 5.32 Å². The number of rotatable bonds is 5. The van der Waals surface area contributed by atoms with Gasteiger partial charge in [0, 0.05) is 6.54 Å². The summed E-state index contributed by atoms with van der Waals surface area (Å²) >= 11 is 0. The Morgan fingerprint density at radius 3 is 2.38 bits per heavy atom. The van der Waals surface area contributed by atoms with Crippen molar-refractivity contribution in [2.75, 3.05) is 0 Å². The largest absolute Gasteiger partial charge is 0.481 e. The van der Waals surface area contributed by atoms with Gasteiger partial charge < -0.3 is 15.5 Å². The molecule has 0 radical (unpaired) electrons. The molecule has 0 unspecified atom stereocenters. The van der Waals surface area contributed by atoms with Crippen molar-refractivity contribution in [1.82, 2.24) is 5.32 Å². The van der Waals surface area contributed by atoms with Crippen LogP contribution in [0.4, 0.5) is 0 Å². The molecule has 0 saturated heterocycles. The molecule has 2 atom stereocenters. The van der Waals surface area contributed by atoms with Crippen molar-refractivity contribution in [3.8, 4) is 0 Å². The van der Waals surface area contributed by atoms with Crippen LogP contribution in [0.5, 0.6) is 0 Å². The maximum Gasteiger partial charge on any atom is 0.335 e. The molecule has 21 heavy (non-hydrogen) atoms. The van der Waals surface area contributed by atoms with Gasteiger partial charge in [-0.15, -0.1) is 0 Å². The highest BCUT2D eigenvalue weighted by Crippen LogP contribution is 2.58. The second-order valence-corrected chi connectivity index (χ2v) is 5.84. The Kier molecular flexibility index (Phi) is 3.72. The standard InChI is InChI=1S/C15H17NO5/c1-15(2)10(11(15)14(20)21)12(17)16-7-8-4-3-5-9(6-8)13(18)19/h3-6,10-11H,7H2,1-2H3,(H,16,17)(H,18,19)(H,20,21)/t10-,11+/m1/s1. The first-order valence-electron chi connectivity index (χ1n) is 6.58. The highest BCUT2D eigenvalue weighted by atomic mass is 16.4. The molecule has 0 heterocycles. The van der Waals surface area contributed by atoms with Gasteiger partial charge in [0.25, 0.3) is 0 Å². The predicted octanol–water partition coefficient (Wildman–Crippen LogP) is 1.36. The Bertz CT molecular complexity index is 608. The Morgan fingerprint density at radius 2 is 1.86 bits per heavy atom. The molecule has 1 amide bonds. The molecule has 6 heteroatoms. The molecule has 1 aromatic carbocycles. The maximum absolute atomic E-state index is 12.0. The second kappa shape index (κ2) is 5.20. The lowest BCUT2D eigenvalue weighted by Gasteiger charge is -2.07. The van der Waals surface area contributed by atoms with E-state index in [-0.39, 0.29) is 18.0 Å². The van der Waals surface area contributed by atoms with E-state index in [4.69, 9.17) is 10.2 Å². The van der Waals surface area contributed by atoms with Crippen LogP contribution in [0, 0.1) is 17.3 Å². The number of carbonyl (C=O) groups is 3. The molecule has 1 aliphatic carbocycles. The molecule has 1 saturated carbocycles. The minimum Gasteiger partial charge on any atom is -0.481 e. The highest BCUT2D eigenvalue weighted by molar-refractivity contribution is 5.91. The van der Waals surface area contributed by atoms with Gasteiger partial charge in [-0.1, -0.05) is 26.0 Å². The van der Waals surface area contributed by atoms with Gasteiger partial charge in [-0.25, -0.2) is 4.79 Å². The molecular formula is C15H17NO5. The normalized spacial score (nSPS) is 22.4. The van der Waals surface area contributed by atoms with Gasteiger partial charge in [-0.05, 0) is 23.1 Å². The quantitative estimate of drug-likeness (QED) is 0.760. The summed E-state index contributed by atoms with van der Waals surface area (Å²) in [5.41, 5.74) is 0.268. The van der Waals surface area contributed by atoms with E-state index in [9.17, 15) is 14.4 Å². The Morgan fingerprint density at radius 1 is 1.19 bits per heavy atom. The number of nitrogens with one attached hydrogen (secondary N) is 1. The van der Waals surface area contributed by atoms with Gasteiger partial charge in [-0.3, -0.25) is 9.59 Å². The molecule has 112 valence electrons. The zero-order valence-electron chi connectivity index (χ0n) is 11.8. The van der Waals surface area contributed by atoms with E-state index in [0.717, 1.165) is 0 Å². The summed E-state index contributed by atoms with van der Waals surface area (Å²) < 4.78 is 0. The summed E-state index contributed by atoms with van der Waals surface area (Å²) in [5, 5.41) is 20.6. The Labute approximate surface area is 121 Å². The van der Waals surface area contributed by atoms with Gasteiger partial charge >= 0.3 is 11.9 Å². The topological polar surface area (TPSA) is 104 Å². The van der Waals surface area contributed by atoms with Gasteiger partial charge in [0.15, 0.2) is 0 Å². The minimum atomic E-state index is -1.03. The number of carboxylic acid groups (broad SMARTS) is 2. The number of aromatic carboxylic acids is 1. The third-order valence-corrected chi connectivity index (χ3v) is 4.02. The number of benzene rings is 1. The van der Waals surface area contributed by atoms with Crippen LogP contribution in [0.25, 0.3) is 0 Å². The van der Waals surface area contributed by atoms with Crippen LogP contribution in [0.15, 0.2) is 24.3 Å². The summed E-state index contributed by atoms with van der Waals surface area (Å²) in [6.07, 6.45) is 0. The molecule has 0 aromatic heterocycles. The number of hydrogen-bond acceptors (Lipinski definition) is 3. The number of carboxylic acids is 2. The summed E-state index contributed by atoms with van der Waals surface area (Å²) in [4.78, 5) is 33.9. The molecular weight excluding hydrogens is 274 g/mol. The monoisotopic (exact) mass is 291 g/mol. The molecule has 0 bridgehead atoms. The highest BCUT2D eigenvalue weighted by Gasteiger charge is 2.65. The first kappa shape index (κ1) is 15.0. The number of hydrogen-bond donors (Lipinski definition) is 3. The molecule has 2 rings (SSSR count). The van der Waals surface area contributed by atoms with E-state index >= 15 is 0 Å². The van der Waals surface area contributed by atoms with Crippen molar-refractivity contribution in [3.05, 3.63) is 35.4 Å². The average molecular weight is 291 g/mol. The fourth-order valence-corrected chi connectivity index (χ4v) is 2.70.